The maximum absolute atomic E-state index is 11.6. The second-order valence-corrected chi connectivity index (χ2v) is 5.68. The third-order valence-corrected chi connectivity index (χ3v) is 3.85. The zero-order chi connectivity index (χ0) is 15.1. The minimum Gasteiger partial charge on any atom is -0.341 e. The Hall–Kier alpha value is -2.01. The van der Waals surface area contributed by atoms with E-state index in [1.165, 1.54) is 0 Å². The van der Waals surface area contributed by atoms with Crippen molar-refractivity contribution in [1.82, 2.24) is 14.5 Å². The van der Waals surface area contributed by atoms with Gasteiger partial charge >= 0.3 is 10.3 Å². The van der Waals surface area contributed by atoms with E-state index in [-0.39, 0.29) is 23.7 Å². The fraction of sp³-hybridized carbons (Fsp3) is 0.556. The van der Waals surface area contributed by atoms with Crippen LogP contribution in [0.15, 0.2) is 0 Å². The third-order valence-electron chi connectivity index (χ3n) is 2.96. The molecular formula is C9H11N3O7S. The summed E-state index contributed by atoms with van der Waals surface area (Å²) in [5.41, 5.74) is 0. The third kappa shape index (κ3) is 2.63. The Morgan fingerprint density at radius 3 is 2.25 bits per heavy atom. The molecule has 2 rings (SSSR count). The Bertz CT molecular complexity index is 583. The van der Waals surface area contributed by atoms with Gasteiger partial charge in [-0.2, -0.15) is 8.42 Å². The largest absolute Gasteiger partial charge is 0.362 e. The molecule has 0 aromatic rings. The highest BCUT2D eigenvalue weighted by molar-refractivity contribution is 7.84. The highest BCUT2D eigenvalue weighted by Crippen LogP contribution is 2.15. The predicted octanol–water partition coefficient (Wildman–Crippen LogP) is -2.73. The molecule has 2 N–H and O–H groups in total. The topological polar surface area (TPSA) is 141 Å². The van der Waals surface area contributed by atoms with E-state index in [2.05, 4.69) is 5.32 Å². The first-order valence-corrected chi connectivity index (χ1v) is 7.01. The molecule has 2 aliphatic heterocycles. The standard InChI is InChI=1S/C9H11N3O7S/c13-6(4-11-7(14)1-2-8(11)15)10-5-3-12(9(5)16)20(17,18)19/h5H,1-4H2,(H,10,13)(H,17,18,19). The number of rotatable bonds is 4. The molecule has 20 heavy (non-hydrogen) atoms. The number of carbonyl (C=O) groups is 4. The summed E-state index contributed by atoms with van der Waals surface area (Å²) >= 11 is 0. The molecule has 10 nitrogen and oxygen atoms in total. The van der Waals surface area contributed by atoms with Crippen molar-refractivity contribution in [2.24, 2.45) is 0 Å². The van der Waals surface area contributed by atoms with Gasteiger partial charge in [-0.05, 0) is 0 Å². The van der Waals surface area contributed by atoms with Crippen LogP contribution in [0, 0.1) is 0 Å². The summed E-state index contributed by atoms with van der Waals surface area (Å²) in [7, 11) is -4.61. The van der Waals surface area contributed by atoms with E-state index in [1.54, 1.807) is 0 Å². The molecule has 110 valence electrons. The zero-order valence-corrected chi connectivity index (χ0v) is 10.9. The maximum atomic E-state index is 11.6. The molecule has 0 saturated carbocycles. The van der Waals surface area contributed by atoms with E-state index in [0.717, 1.165) is 4.90 Å². The van der Waals surface area contributed by atoms with E-state index < -0.39 is 46.5 Å². The van der Waals surface area contributed by atoms with Gasteiger partial charge in [-0.1, -0.05) is 0 Å². The van der Waals surface area contributed by atoms with Crippen LogP contribution in [0.1, 0.15) is 12.8 Å². The van der Waals surface area contributed by atoms with Crippen LogP contribution >= 0.6 is 0 Å². The van der Waals surface area contributed by atoms with Gasteiger partial charge in [0, 0.05) is 12.8 Å². The van der Waals surface area contributed by atoms with Gasteiger partial charge in [0.1, 0.15) is 12.6 Å². The molecule has 2 heterocycles. The summed E-state index contributed by atoms with van der Waals surface area (Å²) in [6.45, 7) is -0.890. The van der Waals surface area contributed by atoms with Crippen molar-refractivity contribution >= 4 is 33.9 Å². The Morgan fingerprint density at radius 2 is 1.80 bits per heavy atom. The molecule has 2 fully saturated rings. The number of hydrogen-bond acceptors (Lipinski definition) is 6. The molecule has 0 aromatic heterocycles. The van der Waals surface area contributed by atoms with Gasteiger partial charge in [-0.3, -0.25) is 28.6 Å². The smallest absolute Gasteiger partial charge is 0.341 e. The Kier molecular flexibility index (Phi) is 3.48. The van der Waals surface area contributed by atoms with Crippen molar-refractivity contribution in [3.63, 3.8) is 0 Å². The zero-order valence-electron chi connectivity index (χ0n) is 10.1. The van der Waals surface area contributed by atoms with Crippen molar-refractivity contribution in [3.8, 4) is 0 Å². The first-order chi connectivity index (χ1) is 9.20. The number of nitrogens with zero attached hydrogens (tertiary/aromatic N) is 2. The highest BCUT2D eigenvalue weighted by Gasteiger charge is 2.44. The van der Waals surface area contributed by atoms with E-state index >= 15 is 0 Å². The average molecular weight is 305 g/mol. The molecular weight excluding hydrogens is 294 g/mol. The number of likely N-dealkylation sites (tertiary alicyclic amines) is 1. The molecule has 0 aromatic carbocycles. The Morgan fingerprint density at radius 1 is 1.25 bits per heavy atom. The van der Waals surface area contributed by atoms with Gasteiger partial charge in [0.15, 0.2) is 0 Å². The van der Waals surface area contributed by atoms with Crippen LogP contribution in [0.5, 0.6) is 0 Å². The summed E-state index contributed by atoms with van der Waals surface area (Å²) in [5.74, 6) is -2.66. The molecule has 0 bridgehead atoms. The number of carbonyl (C=O) groups excluding carboxylic acids is 4. The van der Waals surface area contributed by atoms with E-state index in [9.17, 15) is 27.6 Å². The second-order valence-electron chi connectivity index (χ2n) is 4.34. The molecule has 2 aliphatic rings. The molecule has 0 aliphatic carbocycles. The lowest BCUT2D eigenvalue weighted by molar-refractivity contribution is -0.144. The summed E-state index contributed by atoms with van der Waals surface area (Å²) < 4.78 is 30.2. The summed E-state index contributed by atoms with van der Waals surface area (Å²) in [5, 5.41) is 2.18. The minimum absolute atomic E-state index is 0.0466. The molecule has 4 amide bonds. The van der Waals surface area contributed by atoms with Crippen molar-refractivity contribution in [2.75, 3.05) is 13.1 Å². The Labute approximate surface area is 113 Å². The predicted molar refractivity (Wildman–Crippen MR) is 61.1 cm³/mol. The van der Waals surface area contributed by atoms with Crippen LogP contribution in [0.3, 0.4) is 0 Å². The van der Waals surface area contributed by atoms with Crippen molar-refractivity contribution in [3.05, 3.63) is 0 Å². The second kappa shape index (κ2) is 4.83. The fourth-order valence-electron chi connectivity index (χ4n) is 1.89. The minimum atomic E-state index is -4.61. The molecule has 1 unspecified atom stereocenters. The fourth-order valence-corrected chi connectivity index (χ4v) is 2.59. The van der Waals surface area contributed by atoms with Crippen molar-refractivity contribution in [1.29, 1.82) is 0 Å². The highest BCUT2D eigenvalue weighted by atomic mass is 32.2. The first kappa shape index (κ1) is 14.4. The monoisotopic (exact) mass is 305 g/mol. The number of nitrogens with one attached hydrogen (secondary N) is 1. The normalized spacial score (nSPS) is 23.1. The van der Waals surface area contributed by atoms with Crippen LogP contribution in [0.2, 0.25) is 0 Å². The van der Waals surface area contributed by atoms with Gasteiger partial charge in [0.25, 0.3) is 5.91 Å². The number of β-lactam (4-membered cyclic amide) rings is 1. The number of amides is 4. The van der Waals surface area contributed by atoms with Crippen LogP contribution in [-0.4, -0.2) is 64.9 Å². The lowest BCUT2D eigenvalue weighted by Crippen LogP contribution is -2.65. The van der Waals surface area contributed by atoms with Gasteiger partial charge in [0.2, 0.25) is 17.7 Å². The molecule has 0 spiro atoms. The van der Waals surface area contributed by atoms with Crippen LogP contribution in [-0.2, 0) is 29.5 Å². The van der Waals surface area contributed by atoms with Crippen molar-refractivity contribution < 1.29 is 32.1 Å². The van der Waals surface area contributed by atoms with Crippen LogP contribution in [0.4, 0.5) is 0 Å². The number of hydrogen-bond donors (Lipinski definition) is 2. The maximum Gasteiger partial charge on any atom is 0.362 e. The summed E-state index contributed by atoms with van der Waals surface area (Å²) in [6, 6.07) is -1.09. The molecule has 0 radical (unpaired) electrons. The average Bonchev–Trinajstić information content (AvgIpc) is 2.63. The van der Waals surface area contributed by atoms with Gasteiger partial charge in [-0.25, -0.2) is 4.31 Å². The lowest BCUT2D eigenvalue weighted by atomic mass is 10.1. The molecule has 11 heteroatoms. The van der Waals surface area contributed by atoms with Crippen molar-refractivity contribution in [2.45, 2.75) is 18.9 Å². The van der Waals surface area contributed by atoms with Crippen LogP contribution in [0.25, 0.3) is 0 Å². The van der Waals surface area contributed by atoms with Gasteiger partial charge in [-0.15, -0.1) is 0 Å². The summed E-state index contributed by atoms with van der Waals surface area (Å²) in [6.07, 6.45) is 0.0933. The molecule has 2 saturated heterocycles. The molecule has 1 atom stereocenters. The number of imide groups is 1. The Balaban J connectivity index is 1.87. The van der Waals surface area contributed by atoms with E-state index in [4.69, 9.17) is 4.55 Å². The van der Waals surface area contributed by atoms with Crippen LogP contribution < -0.4 is 5.32 Å². The lowest BCUT2D eigenvalue weighted by Gasteiger charge is -2.35. The SMILES string of the molecule is O=C(CN1C(=O)CCC1=O)NC1CN(S(=O)(=O)O)C1=O. The quantitative estimate of drug-likeness (QED) is 0.326. The van der Waals surface area contributed by atoms with Gasteiger partial charge in [0.05, 0.1) is 6.54 Å². The van der Waals surface area contributed by atoms with Gasteiger partial charge < -0.3 is 5.32 Å². The van der Waals surface area contributed by atoms with E-state index in [0.29, 0.717) is 0 Å². The van der Waals surface area contributed by atoms with E-state index in [1.807, 2.05) is 0 Å². The first-order valence-electron chi connectivity index (χ1n) is 5.61. The summed E-state index contributed by atoms with van der Waals surface area (Å²) in [4.78, 5) is 46.2.